The van der Waals surface area contributed by atoms with E-state index in [-0.39, 0.29) is 5.82 Å². The number of anilines is 1. The molecule has 0 heterocycles. The standard InChI is InChI=1S/C13H21FN2/c1-11(4-3-9-15)10-16(2)13-7-5-12(14)6-8-13/h5-8,11H,3-4,9-10,15H2,1-2H3. The van der Waals surface area contributed by atoms with Gasteiger partial charge in [0.05, 0.1) is 0 Å². The van der Waals surface area contributed by atoms with Crippen LogP contribution in [-0.4, -0.2) is 20.1 Å². The number of hydrogen-bond donors (Lipinski definition) is 1. The maximum absolute atomic E-state index is 12.7. The van der Waals surface area contributed by atoms with E-state index < -0.39 is 0 Å². The third-order valence-corrected chi connectivity index (χ3v) is 2.75. The van der Waals surface area contributed by atoms with Crippen LogP contribution in [0.5, 0.6) is 0 Å². The Kier molecular flexibility index (Phi) is 5.26. The van der Waals surface area contributed by atoms with Crippen molar-refractivity contribution in [1.82, 2.24) is 0 Å². The van der Waals surface area contributed by atoms with Gasteiger partial charge in [0.1, 0.15) is 5.82 Å². The van der Waals surface area contributed by atoms with Crippen molar-refractivity contribution in [2.75, 3.05) is 25.0 Å². The topological polar surface area (TPSA) is 29.3 Å². The van der Waals surface area contributed by atoms with Crippen molar-refractivity contribution in [3.05, 3.63) is 30.1 Å². The molecule has 0 aromatic heterocycles. The summed E-state index contributed by atoms with van der Waals surface area (Å²) in [5.74, 6) is 0.423. The molecule has 16 heavy (non-hydrogen) atoms. The molecule has 90 valence electrons. The SMILES string of the molecule is CC(CCCN)CN(C)c1ccc(F)cc1. The summed E-state index contributed by atoms with van der Waals surface area (Å²) < 4.78 is 12.7. The van der Waals surface area contributed by atoms with Gasteiger partial charge in [0.2, 0.25) is 0 Å². The molecule has 0 fully saturated rings. The molecule has 1 unspecified atom stereocenters. The first-order valence-corrected chi connectivity index (χ1v) is 5.80. The number of halogens is 1. The average Bonchev–Trinajstić information content (AvgIpc) is 2.27. The molecular formula is C13H21FN2. The van der Waals surface area contributed by atoms with Crippen molar-refractivity contribution in [2.24, 2.45) is 11.7 Å². The highest BCUT2D eigenvalue weighted by atomic mass is 19.1. The van der Waals surface area contributed by atoms with Gasteiger partial charge in [-0.2, -0.15) is 0 Å². The normalized spacial score (nSPS) is 12.5. The summed E-state index contributed by atoms with van der Waals surface area (Å²) >= 11 is 0. The van der Waals surface area contributed by atoms with Crippen molar-refractivity contribution in [1.29, 1.82) is 0 Å². The Labute approximate surface area is 97.3 Å². The van der Waals surface area contributed by atoms with Crippen molar-refractivity contribution in [3.8, 4) is 0 Å². The predicted octanol–water partition coefficient (Wildman–Crippen LogP) is 2.64. The molecular weight excluding hydrogens is 203 g/mol. The molecule has 0 saturated heterocycles. The molecule has 1 aromatic carbocycles. The van der Waals surface area contributed by atoms with Crippen LogP contribution >= 0.6 is 0 Å². The van der Waals surface area contributed by atoms with Crippen LogP contribution in [0, 0.1) is 11.7 Å². The summed E-state index contributed by atoms with van der Waals surface area (Å²) in [6.45, 7) is 3.95. The zero-order valence-corrected chi connectivity index (χ0v) is 10.1. The number of nitrogens with zero attached hydrogens (tertiary/aromatic N) is 1. The van der Waals surface area contributed by atoms with E-state index in [0.29, 0.717) is 5.92 Å². The fourth-order valence-corrected chi connectivity index (χ4v) is 1.83. The molecule has 0 bridgehead atoms. The lowest BCUT2D eigenvalue weighted by Crippen LogP contribution is -2.24. The smallest absolute Gasteiger partial charge is 0.123 e. The maximum atomic E-state index is 12.7. The van der Waals surface area contributed by atoms with Crippen molar-refractivity contribution >= 4 is 5.69 Å². The van der Waals surface area contributed by atoms with E-state index in [1.54, 1.807) is 0 Å². The monoisotopic (exact) mass is 224 g/mol. The van der Waals surface area contributed by atoms with Crippen LogP contribution in [0.1, 0.15) is 19.8 Å². The van der Waals surface area contributed by atoms with E-state index in [1.807, 2.05) is 19.2 Å². The number of hydrogen-bond acceptors (Lipinski definition) is 2. The lowest BCUT2D eigenvalue weighted by Gasteiger charge is -2.23. The molecule has 0 saturated carbocycles. The summed E-state index contributed by atoms with van der Waals surface area (Å²) in [7, 11) is 2.03. The van der Waals surface area contributed by atoms with Crippen LogP contribution in [0.25, 0.3) is 0 Å². The molecule has 2 N–H and O–H groups in total. The van der Waals surface area contributed by atoms with Crippen molar-refractivity contribution in [2.45, 2.75) is 19.8 Å². The molecule has 0 spiro atoms. The number of benzene rings is 1. The molecule has 0 aliphatic carbocycles. The van der Waals surface area contributed by atoms with E-state index >= 15 is 0 Å². The van der Waals surface area contributed by atoms with Gasteiger partial charge >= 0.3 is 0 Å². The van der Waals surface area contributed by atoms with Crippen LogP contribution in [0.4, 0.5) is 10.1 Å². The third-order valence-electron chi connectivity index (χ3n) is 2.75. The quantitative estimate of drug-likeness (QED) is 0.805. The highest BCUT2D eigenvalue weighted by Crippen LogP contribution is 2.16. The van der Waals surface area contributed by atoms with Crippen LogP contribution in [0.3, 0.4) is 0 Å². The Morgan fingerprint density at radius 3 is 2.50 bits per heavy atom. The Balaban J connectivity index is 2.45. The molecule has 0 aliphatic heterocycles. The Morgan fingerprint density at radius 2 is 1.94 bits per heavy atom. The van der Waals surface area contributed by atoms with Crippen LogP contribution in [-0.2, 0) is 0 Å². The van der Waals surface area contributed by atoms with Crippen LogP contribution in [0.2, 0.25) is 0 Å². The minimum absolute atomic E-state index is 0.187. The Bertz CT molecular complexity index is 297. The van der Waals surface area contributed by atoms with Gasteiger partial charge in [-0.05, 0) is 49.6 Å². The van der Waals surface area contributed by atoms with Gasteiger partial charge in [-0.3, -0.25) is 0 Å². The predicted molar refractivity (Wildman–Crippen MR) is 67.1 cm³/mol. The minimum atomic E-state index is -0.187. The third kappa shape index (κ3) is 4.19. The number of nitrogens with two attached hydrogens (primary N) is 1. The van der Waals surface area contributed by atoms with Gasteiger partial charge in [0.25, 0.3) is 0 Å². The maximum Gasteiger partial charge on any atom is 0.123 e. The molecule has 1 aromatic rings. The van der Waals surface area contributed by atoms with E-state index in [9.17, 15) is 4.39 Å². The second kappa shape index (κ2) is 6.48. The van der Waals surface area contributed by atoms with Crippen LogP contribution < -0.4 is 10.6 Å². The second-order valence-corrected chi connectivity index (χ2v) is 4.39. The van der Waals surface area contributed by atoms with Gasteiger partial charge < -0.3 is 10.6 Å². The summed E-state index contributed by atoms with van der Waals surface area (Å²) in [5, 5.41) is 0. The fourth-order valence-electron chi connectivity index (χ4n) is 1.83. The summed E-state index contributed by atoms with van der Waals surface area (Å²) in [5.41, 5.74) is 6.54. The molecule has 3 heteroatoms. The van der Waals surface area contributed by atoms with Gasteiger partial charge in [-0.25, -0.2) is 4.39 Å². The lowest BCUT2D eigenvalue weighted by molar-refractivity contribution is 0.514. The number of rotatable bonds is 6. The zero-order valence-electron chi connectivity index (χ0n) is 10.1. The summed E-state index contributed by atoms with van der Waals surface area (Å²) in [4.78, 5) is 2.15. The lowest BCUT2D eigenvalue weighted by atomic mass is 10.1. The average molecular weight is 224 g/mol. The minimum Gasteiger partial charge on any atom is -0.374 e. The first-order valence-electron chi connectivity index (χ1n) is 5.80. The van der Waals surface area contributed by atoms with E-state index in [0.717, 1.165) is 31.6 Å². The van der Waals surface area contributed by atoms with E-state index in [4.69, 9.17) is 5.73 Å². The summed E-state index contributed by atoms with van der Waals surface area (Å²) in [6, 6.07) is 6.61. The highest BCUT2D eigenvalue weighted by Gasteiger charge is 2.06. The molecule has 0 radical (unpaired) electrons. The fraction of sp³-hybridized carbons (Fsp3) is 0.538. The first-order chi connectivity index (χ1) is 7.63. The highest BCUT2D eigenvalue weighted by molar-refractivity contribution is 5.45. The second-order valence-electron chi connectivity index (χ2n) is 4.39. The van der Waals surface area contributed by atoms with Crippen LogP contribution in [0.15, 0.2) is 24.3 Å². The zero-order chi connectivity index (χ0) is 12.0. The molecule has 0 amide bonds. The van der Waals surface area contributed by atoms with Gasteiger partial charge in [-0.15, -0.1) is 0 Å². The largest absolute Gasteiger partial charge is 0.374 e. The molecule has 2 nitrogen and oxygen atoms in total. The van der Waals surface area contributed by atoms with Gasteiger partial charge in [0, 0.05) is 19.3 Å². The molecule has 1 rings (SSSR count). The van der Waals surface area contributed by atoms with E-state index in [2.05, 4.69) is 11.8 Å². The molecule has 0 aliphatic rings. The Hall–Kier alpha value is -1.09. The van der Waals surface area contributed by atoms with Gasteiger partial charge in [-0.1, -0.05) is 6.92 Å². The summed E-state index contributed by atoms with van der Waals surface area (Å²) in [6.07, 6.45) is 2.21. The first kappa shape index (κ1) is 13.0. The molecule has 1 atom stereocenters. The van der Waals surface area contributed by atoms with Crippen molar-refractivity contribution in [3.63, 3.8) is 0 Å². The Morgan fingerprint density at radius 1 is 1.31 bits per heavy atom. The van der Waals surface area contributed by atoms with Crippen molar-refractivity contribution < 1.29 is 4.39 Å². The van der Waals surface area contributed by atoms with E-state index in [1.165, 1.54) is 12.1 Å². The van der Waals surface area contributed by atoms with Gasteiger partial charge in [0.15, 0.2) is 0 Å².